The molecule has 1 rings (SSSR count). The topological polar surface area (TPSA) is 12.0 Å². The van der Waals surface area contributed by atoms with Crippen LogP contribution in [0.15, 0.2) is 0 Å². The molecule has 0 saturated carbocycles. The smallest absolute Gasteiger partial charge is 0.200 e. The highest BCUT2D eigenvalue weighted by Crippen LogP contribution is 2.22. The molecule has 1 aromatic carbocycles. The molecule has 0 fully saturated rings. The summed E-state index contributed by atoms with van der Waals surface area (Å²) >= 11 is 0. The minimum Gasteiger partial charge on any atom is -0.312 e. The average molecular weight is 239 g/mol. The normalized spacial score (nSPS) is 10.9. The fourth-order valence-electron chi connectivity index (χ4n) is 1.20. The summed E-state index contributed by atoms with van der Waals surface area (Å²) in [5.74, 6) is -9.51. The molecular weight excluding hydrogens is 229 g/mol. The Morgan fingerprint density at radius 1 is 0.812 bits per heavy atom. The Morgan fingerprint density at radius 3 is 1.69 bits per heavy atom. The zero-order valence-corrected chi connectivity index (χ0v) is 8.51. The largest absolute Gasteiger partial charge is 0.312 e. The predicted octanol–water partition coefficient (Wildman–Crippen LogP) is 2.88. The van der Waals surface area contributed by atoms with E-state index in [0.717, 1.165) is 0 Å². The average Bonchev–Trinajstić information content (AvgIpc) is 2.28. The van der Waals surface area contributed by atoms with Gasteiger partial charge in [-0.05, 0) is 13.0 Å². The molecule has 0 atom stereocenters. The third kappa shape index (κ3) is 2.32. The van der Waals surface area contributed by atoms with Crippen molar-refractivity contribution in [2.45, 2.75) is 19.9 Å². The monoisotopic (exact) mass is 239 g/mol. The number of benzene rings is 1. The number of hydrogen-bond donors (Lipinski definition) is 1. The molecule has 0 aliphatic carbocycles. The summed E-state index contributed by atoms with van der Waals surface area (Å²) in [4.78, 5) is 0. The van der Waals surface area contributed by atoms with E-state index in [2.05, 4.69) is 5.32 Å². The molecule has 0 aliphatic rings. The Labute approximate surface area is 89.3 Å². The van der Waals surface area contributed by atoms with E-state index >= 15 is 0 Å². The Balaban J connectivity index is 3.08. The van der Waals surface area contributed by atoms with Crippen LogP contribution in [0.25, 0.3) is 0 Å². The van der Waals surface area contributed by atoms with Crippen molar-refractivity contribution in [3.8, 4) is 0 Å². The van der Waals surface area contributed by atoms with Gasteiger partial charge in [-0.3, -0.25) is 0 Å². The van der Waals surface area contributed by atoms with E-state index in [4.69, 9.17) is 0 Å². The summed E-state index contributed by atoms with van der Waals surface area (Å²) in [5.41, 5.74) is -0.829. The first-order chi connectivity index (χ1) is 7.50. The van der Waals surface area contributed by atoms with Gasteiger partial charge in [-0.2, -0.15) is 0 Å². The van der Waals surface area contributed by atoms with Gasteiger partial charge in [0.25, 0.3) is 0 Å². The predicted molar refractivity (Wildman–Crippen MR) is 48.2 cm³/mol. The third-order valence-electron chi connectivity index (χ3n) is 2.03. The molecule has 0 aromatic heterocycles. The molecule has 1 aromatic rings. The molecule has 1 N–H and O–H groups in total. The van der Waals surface area contributed by atoms with Crippen molar-refractivity contribution in [3.05, 3.63) is 34.6 Å². The van der Waals surface area contributed by atoms with E-state index in [9.17, 15) is 22.0 Å². The van der Waals surface area contributed by atoms with Crippen LogP contribution in [0.5, 0.6) is 0 Å². The van der Waals surface area contributed by atoms with Crippen LogP contribution in [0.3, 0.4) is 0 Å². The lowest BCUT2D eigenvalue weighted by molar-refractivity contribution is 0.367. The second-order valence-corrected chi connectivity index (χ2v) is 3.23. The Kier molecular flexibility index (Phi) is 4.23. The van der Waals surface area contributed by atoms with E-state index in [1.165, 1.54) is 0 Å². The van der Waals surface area contributed by atoms with Gasteiger partial charge in [-0.1, -0.05) is 6.92 Å². The molecule has 0 heterocycles. The molecule has 6 heteroatoms. The van der Waals surface area contributed by atoms with Crippen LogP contribution in [0.2, 0.25) is 0 Å². The zero-order chi connectivity index (χ0) is 12.3. The summed E-state index contributed by atoms with van der Waals surface area (Å²) in [6.45, 7) is 1.85. The number of hydrogen-bond acceptors (Lipinski definition) is 1. The molecule has 90 valence electrons. The van der Waals surface area contributed by atoms with Gasteiger partial charge in [-0.15, -0.1) is 0 Å². The number of rotatable bonds is 4. The summed E-state index contributed by atoms with van der Waals surface area (Å²) in [5, 5.41) is 2.57. The summed E-state index contributed by atoms with van der Waals surface area (Å²) in [6, 6.07) is 0. The maximum atomic E-state index is 13.1. The van der Waals surface area contributed by atoms with Gasteiger partial charge in [0, 0.05) is 12.1 Å². The van der Waals surface area contributed by atoms with E-state index < -0.39 is 34.6 Å². The van der Waals surface area contributed by atoms with Crippen LogP contribution < -0.4 is 5.32 Å². The van der Waals surface area contributed by atoms with Crippen LogP contribution in [0, 0.1) is 29.1 Å². The second-order valence-electron chi connectivity index (χ2n) is 3.23. The summed E-state index contributed by atoms with van der Waals surface area (Å²) < 4.78 is 64.2. The fourth-order valence-corrected chi connectivity index (χ4v) is 1.20. The van der Waals surface area contributed by atoms with Crippen molar-refractivity contribution >= 4 is 0 Å². The van der Waals surface area contributed by atoms with Crippen molar-refractivity contribution < 1.29 is 22.0 Å². The molecule has 0 saturated heterocycles. The highest BCUT2D eigenvalue weighted by molar-refractivity contribution is 5.23. The Morgan fingerprint density at radius 2 is 1.25 bits per heavy atom. The minimum absolute atomic E-state index is 0.389. The first kappa shape index (κ1) is 12.9. The van der Waals surface area contributed by atoms with Crippen molar-refractivity contribution in [3.63, 3.8) is 0 Å². The Bertz CT molecular complexity index is 362. The molecule has 0 spiro atoms. The van der Waals surface area contributed by atoms with Crippen LogP contribution >= 0.6 is 0 Å². The first-order valence-corrected chi connectivity index (χ1v) is 4.71. The fraction of sp³-hybridized carbons (Fsp3) is 0.400. The summed E-state index contributed by atoms with van der Waals surface area (Å²) in [7, 11) is 0. The van der Waals surface area contributed by atoms with Gasteiger partial charge >= 0.3 is 0 Å². The van der Waals surface area contributed by atoms with Crippen molar-refractivity contribution in [2.75, 3.05) is 6.54 Å². The van der Waals surface area contributed by atoms with Gasteiger partial charge in [0.15, 0.2) is 23.3 Å². The van der Waals surface area contributed by atoms with Crippen LogP contribution in [0.1, 0.15) is 18.9 Å². The van der Waals surface area contributed by atoms with Gasteiger partial charge in [-0.25, -0.2) is 22.0 Å². The lowest BCUT2D eigenvalue weighted by Crippen LogP contribution is -2.18. The molecule has 0 amide bonds. The molecule has 0 unspecified atom stereocenters. The molecule has 0 radical (unpaired) electrons. The van der Waals surface area contributed by atoms with Crippen molar-refractivity contribution in [2.24, 2.45) is 0 Å². The van der Waals surface area contributed by atoms with Crippen LogP contribution in [-0.2, 0) is 6.54 Å². The quantitative estimate of drug-likeness (QED) is 0.368. The molecule has 0 bridgehead atoms. The van der Waals surface area contributed by atoms with Crippen molar-refractivity contribution in [1.29, 1.82) is 0 Å². The molecular formula is C10H10F5N. The second kappa shape index (κ2) is 5.25. The maximum Gasteiger partial charge on any atom is 0.200 e. The van der Waals surface area contributed by atoms with Crippen LogP contribution in [-0.4, -0.2) is 6.54 Å². The SMILES string of the molecule is CCCNCc1c(F)c(F)c(F)c(F)c1F. The standard InChI is InChI=1S/C10H10F5N/c1-2-3-16-4-5-6(11)8(13)10(15)9(14)7(5)12/h16H,2-4H2,1H3. The number of halogens is 5. The van der Waals surface area contributed by atoms with E-state index in [-0.39, 0.29) is 6.54 Å². The molecule has 0 aliphatic heterocycles. The van der Waals surface area contributed by atoms with Gasteiger partial charge in [0.2, 0.25) is 5.82 Å². The first-order valence-electron chi connectivity index (χ1n) is 4.71. The lowest BCUT2D eigenvalue weighted by Gasteiger charge is -2.08. The lowest BCUT2D eigenvalue weighted by atomic mass is 10.1. The van der Waals surface area contributed by atoms with E-state index in [1.54, 1.807) is 0 Å². The van der Waals surface area contributed by atoms with Crippen LogP contribution in [0.4, 0.5) is 22.0 Å². The van der Waals surface area contributed by atoms with E-state index in [0.29, 0.717) is 13.0 Å². The molecule has 1 nitrogen and oxygen atoms in total. The van der Waals surface area contributed by atoms with Gasteiger partial charge in [0.05, 0.1) is 0 Å². The maximum absolute atomic E-state index is 13.1. The highest BCUT2D eigenvalue weighted by Gasteiger charge is 2.24. The highest BCUT2D eigenvalue weighted by atomic mass is 19.2. The van der Waals surface area contributed by atoms with Crippen molar-refractivity contribution in [1.82, 2.24) is 5.32 Å². The minimum atomic E-state index is -2.13. The van der Waals surface area contributed by atoms with Gasteiger partial charge in [0.1, 0.15) is 0 Å². The van der Waals surface area contributed by atoms with E-state index in [1.807, 2.05) is 6.92 Å². The third-order valence-corrected chi connectivity index (χ3v) is 2.03. The summed E-state index contributed by atoms with van der Waals surface area (Å²) in [6.07, 6.45) is 0.690. The van der Waals surface area contributed by atoms with Gasteiger partial charge < -0.3 is 5.32 Å². The Hall–Kier alpha value is -1.17. The number of nitrogens with one attached hydrogen (secondary N) is 1. The zero-order valence-electron chi connectivity index (χ0n) is 8.51. The molecule has 16 heavy (non-hydrogen) atoms.